The molecule has 1 rings (SSSR count). The molecule has 4 nitrogen and oxygen atoms in total. The van der Waals surface area contributed by atoms with Crippen LogP contribution in [-0.4, -0.2) is 21.7 Å². The van der Waals surface area contributed by atoms with Crippen LogP contribution in [0, 0.1) is 6.92 Å². The second-order valence-corrected chi connectivity index (χ2v) is 3.92. The summed E-state index contributed by atoms with van der Waals surface area (Å²) in [4.78, 5) is 4.23. The van der Waals surface area contributed by atoms with Crippen LogP contribution in [0.4, 0.5) is 5.13 Å². The molecule has 0 atom stereocenters. The fourth-order valence-corrected chi connectivity index (χ4v) is 1.66. The Bertz CT molecular complexity index is 334. The summed E-state index contributed by atoms with van der Waals surface area (Å²) >= 11 is 6.37. The van der Waals surface area contributed by atoms with Crippen LogP contribution in [0.1, 0.15) is 5.69 Å². The number of thiocarbonyl (C=S) groups is 1. The number of aromatic nitrogens is 1. The minimum atomic E-state index is 0.276. The monoisotopic (exact) mass is 228 g/mol. The molecule has 0 unspecified atom stereocenters. The molecule has 0 aliphatic rings. The fourth-order valence-electron chi connectivity index (χ4n) is 0.841. The van der Waals surface area contributed by atoms with Crippen molar-refractivity contribution >= 4 is 33.8 Å². The predicted octanol–water partition coefficient (Wildman–Crippen LogP) is 1.51. The van der Waals surface area contributed by atoms with Crippen molar-refractivity contribution in [2.75, 3.05) is 12.0 Å². The van der Waals surface area contributed by atoms with Gasteiger partial charge in [0, 0.05) is 5.38 Å². The highest BCUT2D eigenvalue weighted by Gasteiger charge is 2.05. The Labute approximate surface area is 92.4 Å². The average molecular weight is 228 g/mol. The van der Waals surface area contributed by atoms with E-state index in [1.54, 1.807) is 11.1 Å². The van der Waals surface area contributed by atoms with Gasteiger partial charge in [0.2, 0.25) is 5.13 Å². The number of thiazole rings is 1. The van der Waals surface area contributed by atoms with Crippen LogP contribution < -0.4 is 11.2 Å². The first-order chi connectivity index (χ1) is 6.63. The highest BCUT2D eigenvalue weighted by Crippen LogP contribution is 2.14. The Morgan fingerprint density at radius 3 is 3.07 bits per heavy atom. The van der Waals surface area contributed by atoms with Gasteiger partial charge in [-0.3, -0.25) is 10.4 Å². The van der Waals surface area contributed by atoms with Gasteiger partial charge in [0.1, 0.15) is 0 Å². The normalized spacial score (nSPS) is 9.50. The highest BCUT2D eigenvalue weighted by molar-refractivity contribution is 7.80. The van der Waals surface area contributed by atoms with Crippen LogP contribution in [0.5, 0.6) is 0 Å². The van der Waals surface area contributed by atoms with Gasteiger partial charge in [-0.1, -0.05) is 6.08 Å². The summed E-state index contributed by atoms with van der Waals surface area (Å²) in [6.07, 6.45) is 1.71. The van der Waals surface area contributed by atoms with Gasteiger partial charge in [-0.25, -0.2) is 4.98 Å². The van der Waals surface area contributed by atoms with Crippen LogP contribution in [0.25, 0.3) is 0 Å². The Morgan fingerprint density at radius 1 is 1.93 bits per heavy atom. The number of hydrazine groups is 1. The maximum absolute atomic E-state index is 5.50. The lowest BCUT2D eigenvalue weighted by Gasteiger charge is -2.20. The number of hydrogen-bond acceptors (Lipinski definition) is 4. The largest absolute Gasteiger partial charge is 0.375 e. The molecule has 0 saturated carbocycles. The highest BCUT2D eigenvalue weighted by atomic mass is 32.1. The third-order valence-corrected chi connectivity index (χ3v) is 2.51. The Kier molecular flexibility index (Phi) is 3.84. The second-order valence-electron chi connectivity index (χ2n) is 2.64. The molecular weight excluding hydrogens is 216 g/mol. The van der Waals surface area contributed by atoms with Crippen molar-refractivity contribution < 1.29 is 0 Å². The fraction of sp³-hybridized carbons (Fsp3) is 0.250. The van der Waals surface area contributed by atoms with Gasteiger partial charge >= 0.3 is 0 Å². The molecule has 0 amide bonds. The summed E-state index contributed by atoms with van der Waals surface area (Å²) in [7, 11) is 0. The minimum absolute atomic E-state index is 0.276. The number of nitrogens with one attached hydrogen (secondary N) is 1. The summed E-state index contributed by atoms with van der Waals surface area (Å²) in [5.74, 6) is 0. The lowest BCUT2D eigenvalue weighted by atomic mass is 10.6. The Morgan fingerprint density at radius 2 is 2.64 bits per heavy atom. The summed E-state index contributed by atoms with van der Waals surface area (Å²) in [5.41, 5.74) is 9.48. The van der Waals surface area contributed by atoms with E-state index in [1.807, 2.05) is 12.3 Å². The molecule has 0 saturated heterocycles. The molecule has 0 aliphatic carbocycles. The Hall–Kier alpha value is -1.14. The van der Waals surface area contributed by atoms with Crippen molar-refractivity contribution in [3.63, 3.8) is 0 Å². The number of nitrogens with zero attached hydrogens (tertiary/aromatic N) is 2. The number of anilines is 1. The van der Waals surface area contributed by atoms with E-state index in [4.69, 9.17) is 18.0 Å². The minimum Gasteiger partial charge on any atom is -0.375 e. The number of aryl methyl sites for hydroxylation is 1. The lowest BCUT2D eigenvalue weighted by Crippen LogP contribution is -2.40. The van der Waals surface area contributed by atoms with Crippen molar-refractivity contribution in [3.05, 3.63) is 23.7 Å². The molecule has 0 aliphatic heterocycles. The van der Waals surface area contributed by atoms with Gasteiger partial charge < -0.3 is 5.73 Å². The van der Waals surface area contributed by atoms with E-state index >= 15 is 0 Å². The van der Waals surface area contributed by atoms with Crippen molar-refractivity contribution in [1.29, 1.82) is 0 Å². The molecule has 1 heterocycles. The SMILES string of the molecule is C=CCN(Nc1nc(C)cs1)C(N)=S. The molecule has 0 aromatic carbocycles. The first-order valence-corrected chi connectivity index (χ1v) is 5.29. The maximum atomic E-state index is 5.50. The Balaban J connectivity index is 2.64. The first-order valence-electron chi connectivity index (χ1n) is 4.00. The van der Waals surface area contributed by atoms with Gasteiger partial charge in [-0.15, -0.1) is 17.9 Å². The van der Waals surface area contributed by atoms with Crippen LogP contribution in [0.3, 0.4) is 0 Å². The standard InChI is InChI=1S/C8H12N4S2/c1-3-4-12(7(9)13)11-8-10-6(2)5-14-8/h3,5H,1,4H2,2H3,(H2,9,13)(H,10,11). The van der Waals surface area contributed by atoms with E-state index in [-0.39, 0.29) is 5.11 Å². The van der Waals surface area contributed by atoms with Crippen LogP contribution >= 0.6 is 23.6 Å². The van der Waals surface area contributed by atoms with Gasteiger partial charge in [-0.2, -0.15) is 0 Å². The molecule has 0 fully saturated rings. The van der Waals surface area contributed by atoms with Crippen molar-refractivity contribution in [3.8, 4) is 0 Å². The maximum Gasteiger partial charge on any atom is 0.201 e. The molecule has 1 aromatic rings. The van der Waals surface area contributed by atoms with Gasteiger partial charge in [0.25, 0.3) is 0 Å². The van der Waals surface area contributed by atoms with E-state index < -0.39 is 0 Å². The molecule has 0 bridgehead atoms. The van der Waals surface area contributed by atoms with E-state index in [0.29, 0.717) is 6.54 Å². The van der Waals surface area contributed by atoms with Gasteiger partial charge in [-0.05, 0) is 19.1 Å². The number of rotatable bonds is 4. The van der Waals surface area contributed by atoms with E-state index in [9.17, 15) is 0 Å². The topological polar surface area (TPSA) is 54.2 Å². The summed E-state index contributed by atoms with van der Waals surface area (Å²) in [6.45, 7) is 6.10. The lowest BCUT2D eigenvalue weighted by molar-refractivity contribution is 0.557. The molecule has 0 radical (unpaired) electrons. The van der Waals surface area contributed by atoms with Crippen molar-refractivity contribution in [1.82, 2.24) is 9.99 Å². The molecule has 1 aromatic heterocycles. The zero-order valence-corrected chi connectivity index (χ0v) is 9.49. The van der Waals surface area contributed by atoms with Crippen molar-refractivity contribution in [2.45, 2.75) is 6.92 Å². The average Bonchev–Trinajstić information content (AvgIpc) is 2.50. The quantitative estimate of drug-likeness (QED) is 0.465. The zero-order chi connectivity index (χ0) is 10.6. The molecule has 76 valence electrons. The van der Waals surface area contributed by atoms with E-state index in [1.165, 1.54) is 11.3 Å². The summed E-state index contributed by atoms with van der Waals surface area (Å²) in [6, 6.07) is 0. The van der Waals surface area contributed by atoms with Crippen molar-refractivity contribution in [2.24, 2.45) is 5.73 Å². The molecule has 3 N–H and O–H groups in total. The summed E-state index contributed by atoms with van der Waals surface area (Å²) in [5, 5.41) is 4.61. The van der Waals surface area contributed by atoms with Crippen LogP contribution in [0.15, 0.2) is 18.0 Å². The molecule has 0 spiro atoms. The van der Waals surface area contributed by atoms with Gasteiger partial charge in [0.15, 0.2) is 5.11 Å². The predicted molar refractivity (Wildman–Crippen MR) is 64.2 cm³/mol. The number of hydrogen-bond donors (Lipinski definition) is 2. The van der Waals surface area contributed by atoms with Crippen LogP contribution in [0.2, 0.25) is 0 Å². The third kappa shape index (κ3) is 2.97. The molecule has 6 heteroatoms. The molecule has 14 heavy (non-hydrogen) atoms. The van der Waals surface area contributed by atoms with E-state index in [2.05, 4.69) is 17.0 Å². The second kappa shape index (κ2) is 4.92. The van der Waals surface area contributed by atoms with E-state index in [0.717, 1.165) is 10.8 Å². The smallest absolute Gasteiger partial charge is 0.201 e. The molecular formula is C8H12N4S2. The third-order valence-electron chi connectivity index (χ3n) is 1.43. The zero-order valence-electron chi connectivity index (χ0n) is 7.86. The first kappa shape index (κ1) is 10.9. The summed E-state index contributed by atoms with van der Waals surface area (Å²) < 4.78 is 0. The number of nitrogens with two attached hydrogens (primary N) is 1. The van der Waals surface area contributed by atoms with Gasteiger partial charge in [0.05, 0.1) is 12.2 Å². The van der Waals surface area contributed by atoms with Crippen LogP contribution in [-0.2, 0) is 0 Å².